The summed E-state index contributed by atoms with van der Waals surface area (Å²) in [7, 11) is 1.71. The maximum Gasteiger partial charge on any atom is 0.123 e. The van der Waals surface area contributed by atoms with Gasteiger partial charge in [0.15, 0.2) is 0 Å². The Labute approximate surface area is 127 Å². The summed E-state index contributed by atoms with van der Waals surface area (Å²) in [6.07, 6.45) is 0. The highest BCUT2D eigenvalue weighted by atomic mass is 16.5. The highest BCUT2D eigenvalue weighted by Gasteiger charge is 2.10. The van der Waals surface area contributed by atoms with Crippen molar-refractivity contribution in [1.29, 1.82) is 0 Å². The Balaban J connectivity index is 2.27. The van der Waals surface area contributed by atoms with Crippen molar-refractivity contribution in [2.45, 2.75) is 26.9 Å². The SMILES string of the molecule is CCN(Cc1cc(CN)ccc1OC)c1ccc(C)cc1. The molecular weight excluding hydrogens is 260 g/mol. The number of hydrogen-bond acceptors (Lipinski definition) is 3. The second-order valence-corrected chi connectivity index (χ2v) is 5.20. The average molecular weight is 284 g/mol. The minimum absolute atomic E-state index is 0.549. The molecule has 3 heteroatoms. The van der Waals surface area contributed by atoms with E-state index in [0.717, 1.165) is 24.4 Å². The van der Waals surface area contributed by atoms with E-state index in [2.05, 4.69) is 49.1 Å². The standard InChI is InChI=1S/C18H24N2O/c1-4-20(17-8-5-14(2)6-9-17)13-16-11-15(12-19)7-10-18(16)21-3/h5-11H,4,12-13,19H2,1-3H3. The first kappa shape index (κ1) is 15.4. The molecule has 3 nitrogen and oxygen atoms in total. The summed E-state index contributed by atoms with van der Waals surface area (Å²) in [4.78, 5) is 2.33. The Morgan fingerprint density at radius 1 is 1.10 bits per heavy atom. The van der Waals surface area contributed by atoms with Crippen LogP contribution in [0.3, 0.4) is 0 Å². The predicted molar refractivity (Wildman–Crippen MR) is 88.8 cm³/mol. The minimum atomic E-state index is 0.549. The van der Waals surface area contributed by atoms with E-state index >= 15 is 0 Å². The summed E-state index contributed by atoms with van der Waals surface area (Å²) < 4.78 is 5.48. The number of methoxy groups -OCH3 is 1. The zero-order valence-corrected chi connectivity index (χ0v) is 13.1. The minimum Gasteiger partial charge on any atom is -0.496 e. The van der Waals surface area contributed by atoms with Crippen LogP contribution < -0.4 is 15.4 Å². The predicted octanol–water partition coefficient (Wildman–Crippen LogP) is 3.49. The molecule has 2 N–H and O–H groups in total. The Morgan fingerprint density at radius 3 is 2.38 bits per heavy atom. The third-order valence-electron chi connectivity index (χ3n) is 3.72. The lowest BCUT2D eigenvalue weighted by atomic mass is 10.1. The Morgan fingerprint density at radius 2 is 1.81 bits per heavy atom. The summed E-state index contributed by atoms with van der Waals surface area (Å²) in [5.41, 5.74) is 10.5. The van der Waals surface area contributed by atoms with Crippen LogP contribution in [0.1, 0.15) is 23.6 Å². The fourth-order valence-electron chi connectivity index (χ4n) is 2.43. The van der Waals surface area contributed by atoms with Gasteiger partial charge in [0, 0.05) is 30.9 Å². The van der Waals surface area contributed by atoms with Crippen LogP contribution >= 0.6 is 0 Å². The number of ether oxygens (including phenoxy) is 1. The molecule has 0 saturated heterocycles. The van der Waals surface area contributed by atoms with E-state index in [1.165, 1.54) is 16.8 Å². The number of hydrogen-bond donors (Lipinski definition) is 1. The van der Waals surface area contributed by atoms with Crippen molar-refractivity contribution < 1.29 is 4.74 Å². The molecule has 0 atom stereocenters. The molecule has 0 heterocycles. The molecule has 0 aliphatic carbocycles. The van der Waals surface area contributed by atoms with Gasteiger partial charge >= 0.3 is 0 Å². The van der Waals surface area contributed by atoms with Gasteiger partial charge in [0.05, 0.1) is 7.11 Å². The molecule has 0 aliphatic rings. The molecule has 0 unspecified atom stereocenters. The van der Waals surface area contributed by atoms with E-state index in [4.69, 9.17) is 10.5 Å². The lowest BCUT2D eigenvalue weighted by Gasteiger charge is -2.24. The molecule has 0 aromatic heterocycles. The second kappa shape index (κ2) is 7.14. The summed E-state index contributed by atoms with van der Waals surface area (Å²) in [5.74, 6) is 0.915. The number of nitrogens with two attached hydrogens (primary N) is 1. The summed E-state index contributed by atoms with van der Waals surface area (Å²) in [6.45, 7) is 6.58. The first-order chi connectivity index (χ1) is 10.2. The molecule has 0 bridgehead atoms. The second-order valence-electron chi connectivity index (χ2n) is 5.20. The van der Waals surface area contributed by atoms with Crippen molar-refractivity contribution in [3.05, 3.63) is 59.2 Å². The van der Waals surface area contributed by atoms with Gasteiger partial charge in [-0.3, -0.25) is 0 Å². The van der Waals surface area contributed by atoms with Crippen molar-refractivity contribution in [1.82, 2.24) is 0 Å². The number of benzene rings is 2. The molecule has 0 saturated carbocycles. The number of anilines is 1. The van der Waals surface area contributed by atoms with Gasteiger partial charge in [-0.05, 0) is 43.7 Å². The van der Waals surface area contributed by atoms with Gasteiger partial charge in [0.2, 0.25) is 0 Å². The number of rotatable bonds is 6. The maximum atomic E-state index is 5.75. The average Bonchev–Trinajstić information content (AvgIpc) is 2.53. The first-order valence-corrected chi connectivity index (χ1v) is 7.35. The van der Waals surface area contributed by atoms with E-state index in [1.54, 1.807) is 7.11 Å². The van der Waals surface area contributed by atoms with Crippen molar-refractivity contribution in [2.75, 3.05) is 18.6 Å². The van der Waals surface area contributed by atoms with Crippen molar-refractivity contribution in [3.8, 4) is 5.75 Å². The van der Waals surface area contributed by atoms with Gasteiger partial charge in [-0.15, -0.1) is 0 Å². The summed E-state index contributed by atoms with van der Waals surface area (Å²) >= 11 is 0. The van der Waals surface area contributed by atoms with Crippen LogP contribution in [0.2, 0.25) is 0 Å². The van der Waals surface area contributed by atoms with Gasteiger partial charge in [0.1, 0.15) is 5.75 Å². The maximum absolute atomic E-state index is 5.75. The van der Waals surface area contributed by atoms with Crippen molar-refractivity contribution in [3.63, 3.8) is 0 Å². The van der Waals surface area contributed by atoms with Gasteiger partial charge < -0.3 is 15.4 Å². The highest BCUT2D eigenvalue weighted by Crippen LogP contribution is 2.24. The van der Waals surface area contributed by atoms with Crippen LogP contribution in [-0.2, 0) is 13.1 Å². The number of aryl methyl sites for hydroxylation is 1. The summed E-state index contributed by atoms with van der Waals surface area (Å²) in [5, 5.41) is 0. The zero-order valence-electron chi connectivity index (χ0n) is 13.1. The lowest BCUT2D eigenvalue weighted by molar-refractivity contribution is 0.409. The fourth-order valence-corrected chi connectivity index (χ4v) is 2.43. The molecule has 0 fully saturated rings. The molecule has 0 spiro atoms. The first-order valence-electron chi connectivity index (χ1n) is 7.35. The van der Waals surface area contributed by atoms with E-state index in [0.29, 0.717) is 6.54 Å². The van der Waals surface area contributed by atoms with E-state index in [1.807, 2.05) is 12.1 Å². The molecule has 0 amide bonds. The molecule has 0 radical (unpaired) electrons. The number of nitrogens with zero attached hydrogens (tertiary/aromatic N) is 1. The van der Waals surface area contributed by atoms with E-state index < -0.39 is 0 Å². The third-order valence-corrected chi connectivity index (χ3v) is 3.72. The molecule has 0 aliphatic heterocycles. The quantitative estimate of drug-likeness (QED) is 0.882. The molecule has 21 heavy (non-hydrogen) atoms. The van der Waals surface area contributed by atoms with Gasteiger partial charge in [-0.2, -0.15) is 0 Å². The molecular formula is C18H24N2O. The van der Waals surface area contributed by atoms with Crippen LogP contribution in [0.5, 0.6) is 5.75 Å². The van der Waals surface area contributed by atoms with E-state index in [-0.39, 0.29) is 0 Å². The van der Waals surface area contributed by atoms with Crippen molar-refractivity contribution >= 4 is 5.69 Å². The molecule has 112 valence electrons. The van der Waals surface area contributed by atoms with Gasteiger partial charge in [-0.1, -0.05) is 23.8 Å². The van der Waals surface area contributed by atoms with Crippen LogP contribution in [0, 0.1) is 6.92 Å². The van der Waals surface area contributed by atoms with Gasteiger partial charge in [0.25, 0.3) is 0 Å². The van der Waals surface area contributed by atoms with Crippen LogP contribution in [-0.4, -0.2) is 13.7 Å². The van der Waals surface area contributed by atoms with Crippen molar-refractivity contribution in [2.24, 2.45) is 5.73 Å². The Kier molecular flexibility index (Phi) is 5.23. The lowest BCUT2D eigenvalue weighted by Crippen LogP contribution is -2.22. The van der Waals surface area contributed by atoms with Crippen LogP contribution in [0.4, 0.5) is 5.69 Å². The molecule has 2 aromatic rings. The molecule has 2 aromatic carbocycles. The largest absolute Gasteiger partial charge is 0.496 e. The Bertz CT molecular complexity index is 578. The normalized spacial score (nSPS) is 10.5. The monoisotopic (exact) mass is 284 g/mol. The van der Waals surface area contributed by atoms with Crippen LogP contribution in [0.25, 0.3) is 0 Å². The van der Waals surface area contributed by atoms with Gasteiger partial charge in [-0.25, -0.2) is 0 Å². The van der Waals surface area contributed by atoms with E-state index in [9.17, 15) is 0 Å². The highest BCUT2D eigenvalue weighted by molar-refractivity contribution is 5.49. The fraction of sp³-hybridized carbons (Fsp3) is 0.333. The zero-order chi connectivity index (χ0) is 15.2. The Hall–Kier alpha value is -2.00. The van der Waals surface area contributed by atoms with Crippen LogP contribution in [0.15, 0.2) is 42.5 Å². The molecule has 2 rings (SSSR count). The summed E-state index contributed by atoms with van der Waals surface area (Å²) in [6, 6.07) is 14.8. The smallest absolute Gasteiger partial charge is 0.123 e. The third kappa shape index (κ3) is 3.76. The topological polar surface area (TPSA) is 38.5 Å².